The van der Waals surface area contributed by atoms with Crippen LogP contribution in [0.15, 0.2) is 30.3 Å². The zero-order chi connectivity index (χ0) is 14.7. The van der Waals surface area contributed by atoms with Gasteiger partial charge in [0.15, 0.2) is 0 Å². The highest BCUT2D eigenvalue weighted by Crippen LogP contribution is 2.38. The number of phenols is 2. The first kappa shape index (κ1) is 14.4. The van der Waals surface area contributed by atoms with Crippen LogP contribution < -0.4 is 0 Å². The van der Waals surface area contributed by atoms with Gasteiger partial charge in [-0.2, -0.15) is 0 Å². The summed E-state index contributed by atoms with van der Waals surface area (Å²) in [5, 5.41) is 20.2. The second kappa shape index (κ2) is 6.00. The predicted octanol–water partition coefficient (Wildman–Crippen LogP) is 4.45. The minimum atomic E-state index is 0.220. The van der Waals surface area contributed by atoms with Gasteiger partial charge in [-0.15, -0.1) is 0 Å². The third kappa shape index (κ3) is 2.51. The van der Waals surface area contributed by atoms with Gasteiger partial charge in [-0.1, -0.05) is 32.9 Å². The predicted molar refractivity (Wildman–Crippen MR) is 83.3 cm³/mol. The van der Waals surface area contributed by atoms with E-state index < -0.39 is 0 Å². The molecule has 2 aromatic carbocycles. The van der Waals surface area contributed by atoms with Gasteiger partial charge in [0.25, 0.3) is 0 Å². The molecule has 0 saturated carbocycles. The fraction of sp³-hybridized carbons (Fsp3) is 0.333. The highest BCUT2D eigenvalue weighted by atomic mass is 16.3. The summed E-state index contributed by atoms with van der Waals surface area (Å²) in [4.78, 5) is 0. The first-order valence-electron chi connectivity index (χ1n) is 7.28. The summed E-state index contributed by atoms with van der Waals surface area (Å²) in [5.41, 5.74) is 5.24. The molecular weight excluding hydrogens is 248 g/mol. The third-order valence-electron chi connectivity index (χ3n) is 3.86. The highest BCUT2D eigenvalue weighted by molar-refractivity contribution is 5.75. The van der Waals surface area contributed by atoms with Crippen LogP contribution in [0.25, 0.3) is 11.1 Å². The van der Waals surface area contributed by atoms with Crippen molar-refractivity contribution >= 4 is 0 Å². The Morgan fingerprint density at radius 2 is 1.55 bits per heavy atom. The second-order valence-electron chi connectivity index (χ2n) is 5.00. The summed E-state index contributed by atoms with van der Waals surface area (Å²) in [5.74, 6) is 0.574. The lowest BCUT2D eigenvalue weighted by Gasteiger charge is -2.17. The number of aromatic hydroxyl groups is 2. The third-order valence-corrected chi connectivity index (χ3v) is 3.86. The van der Waals surface area contributed by atoms with Crippen molar-refractivity contribution in [3.8, 4) is 22.6 Å². The topological polar surface area (TPSA) is 40.5 Å². The molecule has 0 bridgehead atoms. The molecule has 0 aromatic heterocycles. The van der Waals surface area contributed by atoms with Crippen molar-refractivity contribution in [2.24, 2.45) is 0 Å². The Morgan fingerprint density at radius 1 is 0.850 bits per heavy atom. The van der Waals surface area contributed by atoms with Crippen molar-refractivity contribution in [2.45, 2.75) is 40.0 Å². The molecule has 2 aromatic rings. The first-order chi connectivity index (χ1) is 9.62. The smallest absolute Gasteiger partial charge is 0.126 e. The van der Waals surface area contributed by atoms with E-state index in [1.165, 1.54) is 11.1 Å². The van der Waals surface area contributed by atoms with Gasteiger partial charge in [0.05, 0.1) is 0 Å². The Bertz CT molecular complexity index is 615. The van der Waals surface area contributed by atoms with Crippen LogP contribution in [0.3, 0.4) is 0 Å². The van der Waals surface area contributed by atoms with Gasteiger partial charge in [0.2, 0.25) is 0 Å². The number of phenolic OH excluding ortho intramolecular Hbond substituents is 2. The minimum absolute atomic E-state index is 0.220. The molecule has 0 radical (unpaired) electrons. The Hall–Kier alpha value is -1.96. The maximum Gasteiger partial charge on any atom is 0.126 e. The molecule has 0 aliphatic rings. The Morgan fingerprint density at radius 3 is 2.10 bits per heavy atom. The molecule has 0 fully saturated rings. The average molecular weight is 270 g/mol. The average Bonchev–Trinajstić information content (AvgIpc) is 2.46. The van der Waals surface area contributed by atoms with E-state index in [1.807, 2.05) is 6.07 Å². The van der Waals surface area contributed by atoms with Gasteiger partial charge in [-0.3, -0.25) is 0 Å². The monoisotopic (exact) mass is 270 g/mol. The molecule has 2 heteroatoms. The molecule has 0 unspecified atom stereocenters. The quantitative estimate of drug-likeness (QED) is 0.861. The summed E-state index contributed by atoms with van der Waals surface area (Å²) < 4.78 is 0. The van der Waals surface area contributed by atoms with Gasteiger partial charge < -0.3 is 10.2 Å². The largest absolute Gasteiger partial charge is 0.508 e. The summed E-state index contributed by atoms with van der Waals surface area (Å²) in [7, 11) is 0. The van der Waals surface area contributed by atoms with E-state index >= 15 is 0 Å². The molecule has 2 N–H and O–H groups in total. The number of aryl methyl sites for hydroxylation is 1. The Balaban J connectivity index is 2.71. The van der Waals surface area contributed by atoms with Crippen molar-refractivity contribution in [3.63, 3.8) is 0 Å². The van der Waals surface area contributed by atoms with Crippen LogP contribution in [0.2, 0.25) is 0 Å². The molecule has 0 heterocycles. The number of hydrogen-bond donors (Lipinski definition) is 2. The van der Waals surface area contributed by atoms with Crippen LogP contribution in [-0.4, -0.2) is 10.2 Å². The lowest BCUT2D eigenvalue weighted by Crippen LogP contribution is -2.00. The summed E-state index contributed by atoms with van der Waals surface area (Å²) in [6, 6.07) is 9.11. The van der Waals surface area contributed by atoms with Crippen LogP contribution in [0.4, 0.5) is 0 Å². The first-order valence-corrected chi connectivity index (χ1v) is 7.28. The summed E-state index contributed by atoms with van der Waals surface area (Å²) in [6.45, 7) is 6.33. The molecule has 0 atom stereocenters. The van der Waals surface area contributed by atoms with Crippen molar-refractivity contribution < 1.29 is 10.2 Å². The van der Waals surface area contributed by atoms with Gasteiger partial charge in [0.1, 0.15) is 11.5 Å². The van der Waals surface area contributed by atoms with Gasteiger partial charge in [-0.25, -0.2) is 0 Å². The number of rotatable bonds is 4. The molecule has 0 aliphatic heterocycles. The SMILES string of the molecule is CCc1cc(-c2cccc(O)c2)c(O)c(CC)c1CC. The molecule has 2 nitrogen and oxygen atoms in total. The fourth-order valence-corrected chi connectivity index (χ4v) is 2.86. The zero-order valence-electron chi connectivity index (χ0n) is 12.4. The van der Waals surface area contributed by atoms with E-state index in [9.17, 15) is 10.2 Å². The number of hydrogen-bond acceptors (Lipinski definition) is 2. The van der Waals surface area contributed by atoms with Crippen molar-refractivity contribution in [1.82, 2.24) is 0 Å². The van der Waals surface area contributed by atoms with E-state index in [0.29, 0.717) is 5.75 Å². The van der Waals surface area contributed by atoms with Crippen molar-refractivity contribution in [1.29, 1.82) is 0 Å². The molecule has 106 valence electrons. The molecule has 20 heavy (non-hydrogen) atoms. The molecule has 0 saturated heterocycles. The van der Waals surface area contributed by atoms with E-state index in [4.69, 9.17) is 0 Å². The van der Waals surface area contributed by atoms with Crippen molar-refractivity contribution in [3.05, 3.63) is 47.0 Å². The maximum absolute atomic E-state index is 10.6. The Kier molecular flexibility index (Phi) is 4.33. The molecule has 0 spiro atoms. The zero-order valence-corrected chi connectivity index (χ0v) is 12.4. The normalized spacial score (nSPS) is 10.8. The second-order valence-corrected chi connectivity index (χ2v) is 5.00. The van der Waals surface area contributed by atoms with Crippen LogP contribution in [0, 0.1) is 0 Å². The summed E-state index contributed by atoms with van der Waals surface area (Å²) in [6.07, 6.45) is 2.69. The van der Waals surface area contributed by atoms with Crippen LogP contribution in [-0.2, 0) is 19.3 Å². The highest BCUT2D eigenvalue weighted by Gasteiger charge is 2.15. The minimum Gasteiger partial charge on any atom is -0.508 e. The Labute approximate surface area is 120 Å². The van der Waals surface area contributed by atoms with E-state index in [0.717, 1.165) is 36.0 Å². The lowest BCUT2D eigenvalue weighted by molar-refractivity contribution is 0.469. The van der Waals surface area contributed by atoms with E-state index in [2.05, 4.69) is 26.8 Å². The maximum atomic E-state index is 10.6. The van der Waals surface area contributed by atoms with E-state index in [1.54, 1.807) is 18.2 Å². The molecule has 0 aliphatic carbocycles. The standard InChI is InChI=1S/C18H22O2/c1-4-12-11-17(13-8-7-9-14(19)10-13)18(20)16(6-3)15(12)5-2/h7-11,19-20H,4-6H2,1-3H3. The molecule has 0 amide bonds. The van der Waals surface area contributed by atoms with Gasteiger partial charge in [-0.05, 0) is 59.7 Å². The van der Waals surface area contributed by atoms with Crippen LogP contribution in [0.5, 0.6) is 11.5 Å². The fourth-order valence-electron chi connectivity index (χ4n) is 2.86. The summed E-state index contributed by atoms with van der Waals surface area (Å²) >= 11 is 0. The van der Waals surface area contributed by atoms with Crippen LogP contribution in [0.1, 0.15) is 37.5 Å². The van der Waals surface area contributed by atoms with Gasteiger partial charge >= 0.3 is 0 Å². The molecule has 2 rings (SSSR count). The van der Waals surface area contributed by atoms with Crippen molar-refractivity contribution in [2.75, 3.05) is 0 Å². The number of benzene rings is 2. The van der Waals surface area contributed by atoms with Crippen LogP contribution >= 0.6 is 0 Å². The van der Waals surface area contributed by atoms with E-state index in [-0.39, 0.29) is 5.75 Å². The van der Waals surface area contributed by atoms with Gasteiger partial charge in [0, 0.05) is 5.56 Å². The molecular formula is C18H22O2. The lowest BCUT2D eigenvalue weighted by atomic mass is 9.89.